The summed E-state index contributed by atoms with van der Waals surface area (Å²) in [4.78, 5) is 19.6. The summed E-state index contributed by atoms with van der Waals surface area (Å²) in [7, 11) is 0. The quantitative estimate of drug-likeness (QED) is 0.860. The Morgan fingerprint density at radius 2 is 1.74 bits per heavy atom. The summed E-state index contributed by atoms with van der Waals surface area (Å²) in [6.07, 6.45) is 8.60. The Morgan fingerprint density at radius 3 is 2.26 bits per heavy atom. The summed E-state index contributed by atoms with van der Waals surface area (Å²) in [6.45, 7) is 3.94. The molecule has 1 aromatic rings. The number of hydrogen-bond acceptors (Lipinski definition) is 3. The van der Waals surface area contributed by atoms with Crippen molar-refractivity contribution in [1.29, 1.82) is 0 Å². The van der Waals surface area contributed by atoms with Gasteiger partial charge in [0.2, 0.25) is 0 Å². The van der Waals surface area contributed by atoms with Crippen molar-refractivity contribution < 1.29 is 0 Å². The van der Waals surface area contributed by atoms with E-state index in [0.29, 0.717) is 17.3 Å². The van der Waals surface area contributed by atoms with E-state index < -0.39 is 0 Å². The molecule has 4 heteroatoms. The van der Waals surface area contributed by atoms with Crippen molar-refractivity contribution >= 4 is 5.82 Å². The highest BCUT2D eigenvalue weighted by Gasteiger charge is 2.19. The maximum absolute atomic E-state index is 12.1. The summed E-state index contributed by atoms with van der Waals surface area (Å²) in [5.41, 5.74) is 6.53. The zero-order valence-electron chi connectivity index (χ0n) is 12.0. The van der Waals surface area contributed by atoms with Gasteiger partial charge in [0.15, 0.2) is 0 Å². The minimum atomic E-state index is -0.0560. The monoisotopic (exact) mass is 263 g/mol. The zero-order valence-corrected chi connectivity index (χ0v) is 12.0. The van der Waals surface area contributed by atoms with Gasteiger partial charge in [0.25, 0.3) is 5.56 Å². The Morgan fingerprint density at radius 1 is 1.16 bits per heavy atom. The maximum atomic E-state index is 12.1. The van der Waals surface area contributed by atoms with Crippen LogP contribution in [0.1, 0.15) is 82.0 Å². The van der Waals surface area contributed by atoms with Gasteiger partial charge < -0.3 is 10.7 Å². The first-order valence-corrected chi connectivity index (χ1v) is 7.49. The zero-order chi connectivity index (χ0) is 13.8. The topological polar surface area (TPSA) is 71.8 Å². The third-order valence-corrected chi connectivity index (χ3v) is 4.07. The van der Waals surface area contributed by atoms with Crippen molar-refractivity contribution in [3.05, 3.63) is 21.7 Å². The molecule has 0 saturated heterocycles. The molecule has 0 atom stereocenters. The van der Waals surface area contributed by atoms with Crippen LogP contribution < -0.4 is 11.3 Å². The fraction of sp³-hybridized carbons (Fsp3) is 0.733. The van der Waals surface area contributed by atoms with E-state index in [2.05, 4.69) is 9.97 Å². The summed E-state index contributed by atoms with van der Waals surface area (Å²) < 4.78 is 0. The molecule has 4 nitrogen and oxygen atoms in total. The van der Waals surface area contributed by atoms with Crippen molar-refractivity contribution in [3.8, 4) is 0 Å². The number of rotatable bonds is 2. The molecule has 1 saturated carbocycles. The van der Waals surface area contributed by atoms with Crippen LogP contribution in [0.15, 0.2) is 4.79 Å². The molecule has 0 aliphatic heterocycles. The summed E-state index contributed by atoms with van der Waals surface area (Å²) >= 11 is 0. The second kappa shape index (κ2) is 6.22. The fourth-order valence-corrected chi connectivity index (χ4v) is 3.00. The van der Waals surface area contributed by atoms with Crippen LogP contribution in [-0.4, -0.2) is 9.97 Å². The summed E-state index contributed by atoms with van der Waals surface area (Å²) in [5.74, 6) is 1.70. The molecule has 2 rings (SSSR count). The molecule has 106 valence electrons. The van der Waals surface area contributed by atoms with Gasteiger partial charge in [-0.2, -0.15) is 0 Å². The van der Waals surface area contributed by atoms with Crippen molar-refractivity contribution in [2.24, 2.45) is 0 Å². The number of nitrogens with zero attached hydrogens (tertiary/aromatic N) is 1. The lowest BCUT2D eigenvalue weighted by molar-refractivity contribution is 0.441. The van der Waals surface area contributed by atoms with Crippen LogP contribution in [0.3, 0.4) is 0 Å². The molecule has 0 amide bonds. The van der Waals surface area contributed by atoms with Crippen molar-refractivity contribution in [3.63, 3.8) is 0 Å². The number of nitrogens with one attached hydrogen (secondary N) is 1. The van der Waals surface area contributed by atoms with Crippen LogP contribution in [0.5, 0.6) is 0 Å². The lowest BCUT2D eigenvalue weighted by atomic mass is 9.90. The standard InChI is InChI=1S/C15H25N3O/c1-10(2)12-13(16)17-14(18-15(12)19)11-8-6-4-3-5-7-9-11/h10-11H,3-9H2,1-2H3,(H3,16,17,18,19). The Labute approximate surface area is 114 Å². The highest BCUT2D eigenvalue weighted by molar-refractivity contribution is 5.40. The molecular formula is C15H25N3O. The van der Waals surface area contributed by atoms with E-state index >= 15 is 0 Å². The van der Waals surface area contributed by atoms with Crippen LogP contribution >= 0.6 is 0 Å². The van der Waals surface area contributed by atoms with E-state index in [0.717, 1.165) is 18.7 Å². The highest BCUT2D eigenvalue weighted by atomic mass is 16.1. The smallest absolute Gasteiger partial charge is 0.256 e. The predicted molar refractivity (Wildman–Crippen MR) is 78.4 cm³/mol. The number of hydrogen-bond donors (Lipinski definition) is 2. The van der Waals surface area contributed by atoms with Gasteiger partial charge in [-0.3, -0.25) is 4.79 Å². The van der Waals surface area contributed by atoms with Crippen molar-refractivity contribution in [2.45, 2.75) is 70.6 Å². The third kappa shape index (κ3) is 3.37. The van der Waals surface area contributed by atoms with E-state index in [1.54, 1.807) is 0 Å². The SMILES string of the molecule is CC(C)c1c(N)nc(C2CCCCCCC2)[nH]c1=O. The molecule has 0 spiro atoms. The second-order valence-corrected chi connectivity index (χ2v) is 5.95. The van der Waals surface area contributed by atoms with Gasteiger partial charge >= 0.3 is 0 Å². The molecule has 1 fully saturated rings. The van der Waals surface area contributed by atoms with E-state index in [4.69, 9.17) is 5.73 Å². The molecule has 0 radical (unpaired) electrons. The average Bonchev–Trinajstić information content (AvgIpc) is 2.26. The molecule has 19 heavy (non-hydrogen) atoms. The van der Waals surface area contributed by atoms with E-state index in [9.17, 15) is 4.79 Å². The van der Waals surface area contributed by atoms with Crippen LogP contribution in [-0.2, 0) is 0 Å². The number of aromatic nitrogens is 2. The second-order valence-electron chi connectivity index (χ2n) is 5.95. The number of anilines is 1. The molecule has 1 aliphatic carbocycles. The normalized spacial score (nSPS) is 18.3. The number of nitrogen functional groups attached to an aromatic ring is 1. The molecule has 0 aromatic carbocycles. The van der Waals surface area contributed by atoms with E-state index in [-0.39, 0.29) is 11.5 Å². The minimum Gasteiger partial charge on any atom is -0.383 e. The largest absolute Gasteiger partial charge is 0.383 e. The first-order chi connectivity index (χ1) is 9.09. The number of aromatic amines is 1. The Bertz CT molecular complexity index is 471. The molecule has 3 N–H and O–H groups in total. The van der Waals surface area contributed by atoms with Crippen LogP contribution in [0.2, 0.25) is 0 Å². The first-order valence-electron chi connectivity index (χ1n) is 7.49. The van der Waals surface area contributed by atoms with Crippen LogP contribution in [0, 0.1) is 0 Å². The molecule has 1 aliphatic rings. The number of H-pyrrole nitrogens is 1. The molecule has 0 bridgehead atoms. The fourth-order valence-electron chi connectivity index (χ4n) is 3.00. The van der Waals surface area contributed by atoms with E-state index in [1.165, 1.54) is 32.1 Å². The van der Waals surface area contributed by atoms with Crippen LogP contribution in [0.25, 0.3) is 0 Å². The molecular weight excluding hydrogens is 238 g/mol. The predicted octanol–water partition coefficient (Wildman–Crippen LogP) is 3.30. The Hall–Kier alpha value is -1.32. The summed E-state index contributed by atoms with van der Waals surface area (Å²) in [6, 6.07) is 0. The van der Waals surface area contributed by atoms with Gasteiger partial charge in [-0.05, 0) is 18.8 Å². The minimum absolute atomic E-state index is 0.0560. The lowest BCUT2D eigenvalue weighted by Crippen LogP contribution is -2.22. The first kappa shape index (κ1) is 14.1. The van der Waals surface area contributed by atoms with Crippen molar-refractivity contribution in [2.75, 3.05) is 5.73 Å². The van der Waals surface area contributed by atoms with Crippen molar-refractivity contribution in [1.82, 2.24) is 9.97 Å². The third-order valence-electron chi connectivity index (χ3n) is 4.07. The van der Waals surface area contributed by atoms with Gasteiger partial charge in [-0.25, -0.2) is 4.98 Å². The average molecular weight is 263 g/mol. The van der Waals surface area contributed by atoms with Gasteiger partial charge in [-0.15, -0.1) is 0 Å². The van der Waals surface area contributed by atoms with Gasteiger partial charge in [0, 0.05) is 5.92 Å². The Kier molecular flexibility index (Phi) is 4.61. The van der Waals surface area contributed by atoms with Gasteiger partial charge in [-0.1, -0.05) is 46.0 Å². The van der Waals surface area contributed by atoms with Crippen LogP contribution in [0.4, 0.5) is 5.82 Å². The lowest BCUT2D eigenvalue weighted by Gasteiger charge is -2.20. The van der Waals surface area contributed by atoms with E-state index in [1.807, 2.05) is 13.8 Å². The Balaban J connectivity index is 2.27. The highest BCUT2D eigenvalue weighted by Crippen LogP contribution is 2.29. The number of nitrogens with two attached hydrogens (primary N) is 1. The molecule has 0 unspecified atom stereocenters. The molecule has 1 heterocycles. The van der Waals surface area contributed by atoms with Gasteiger partial charge in [0.05, 0.1) is 5.56 Å². The molecule has 1 aromatic heterocycles. The summed E-state index contributed by atoms with van der Waals surface area (Å²) in [5, 5.41) is 0. The maximum Gasteiger partial charge on any atom is 0.256 e. The van der Waals surface area contributed by atoms with Gasteiger partial charge in [0.1, 0.15) is 11.6 Å².